The smallest absolute Gasteiger partial charge is 0.265 e. The first kappa shape index (κ1) is 14.0. The fourth-order valence-corrected chi connectivity index (χ4v) is 3.27. The molecule has 0 atom stereocenters. The molecule has 0 saturated carbocycles. The van der Waals surface area contributed by atoms with E-state index in [0.29, 0.717) is 17.2 Å². The van der Waals surface area contributed by atoms with Gasteiger partial charge in [-0.2, -0.15) is 0 Å². The summed E-state index contributed by atoms with van der Waals surface area (Å²) >= 11 is 4.83. The molecule has 2 rings (SSSR count). The Bertz CT molecular complexity index is 584. The van der Waals surface area contributed by atoms with Crippen LogP contribution in [0.1, 0.15) is 20.1 Å². The zero-order valence-corrected chi connectivity index (χ0v) is 13.0. The Kier molecular flexibility index (Phi) is 4.55. The summed E-state index contributed by atoms with van der Waals surface area (Å²) in [5.74, 6) is 0.450. The minimum atomic E-state index is -0.139. The molecule has 1 amide bonds. The number of methoxy groups -OCH3 is 1. The zero-order valence-electron chi connectivity index (χ0n) is 10.6. The lowest BCUT2D eigenvalue weighted by molar-refractivity contribution is 0.0952. The molecule has 2 aromatic heterocycles. The van der Waals surface area contributed by atoms with Crippen LogP contribution in [0.5, 0.6) is 5.75 Å². The largest absolute Gasteiger partial charge is 0.494 e. The van der Waals surface area contributed by atoms with E-state index < -0.39 is 0 Å². The fraction of sp³-hybridized carbons (Fsp3) is 0.231. The third-order valence-corrected chi connectivity index (χ3v) is 4.86. The molecule has 100 valence electrons. The van der Waals surface area contributed by atoms with Crippen molar-refractivity contribution >= 4 is 33.2 Å². The van der Waals surface area contributed by atoms with Gasteiger partial charge in [-0.1, -0.05) is 6.07 Å². The SMILES string of the molecule is COc1c(C(=O)NCc2cccnc2)sc(C)c1Br. The number of carbonyl (C=O) groups is 1. The minimum absolute atomic E-state index is 0.139. The Morgan fingerprint density at radius 3 is 3.00 bits per heavy atom. The van der Waals surface area contributed by atoms with Gasteiger partial charge in [-0.25, -0.2) is 0 Å². The number of nitrogens with one attached hydrogen (secondary N) is 1. The Balaban J connectivity index is 2.10. The molecule has 0 aliphatic heterocycles. The average Bonchev–Trinajstić information content (AvgIpc) is 2.73. The maximum atomic E-state index is 12.1. The Morgan fingerprint density at radius 2 is 2.37 bits per heavy atom. The van der Waals surface area contributed by atoms with Crippen LogP contribution >= 0.6 is 27.3 Å². The van der Waals surface area contributed by atoms with Crippen LogP contribution in [0.2, 0.25) is 0 Å². The van der Waals surface area contributed by atoms with Gasteiger partial charge >= 0.3 is 0 Å². The van der Waals surface area contributed by atoms with Gasteiger partial charge in [0.1, 0.15) is 4.88 Å². The molecule has 1 N–H and O–H groups in total. The lowest BCUT2D eigenvalue weighted by Gasteiger charge is -2.05. The number of hydrogen-bond donors (Lipinski definition) is 1. The van der Waals surface area contributed by atoms with Gasteiger partial charge in [0.15, 0.2) is 5.75 Å². The molecule has 0 aliphatic rings. The summed E-state index contributed by atoms with van der Waals surface area (Å²) in [6, 6.07) is 3.76. The van der Waals surface area contributed by atoms with Crippen molar-refractivity contribution in [2.75, 3.05) is 7.11 Å². The molecule has 0 saturated heterocycles. The third kappa shape index (κ3) is 3.13. The van der Waals surface area contributed by atoms with E-state index in [0.717, 1.165) is 14.9 Å². The first-order valence-electron chi connectivity index (χ1n) is 5.63. The van der Waals surface area contributed by atoms with Crippen LogP contribution in [-0.4, -0.2) is 18.0 Å². The normalized spacial score (nSPS) is 10.3. The van der Waals surface area contributed by atoms with E-state index in [1.165, 1.54) is 11.3 Å². The number of pyridine rings is 1. The number of halogens is 1. The molecule has 0 radical (unpaired) electrons. The molecule has 0 fully saturated rings. The van der Waals surface area contributed by atoms with Gasteiger partial charge < -0.3 is 10.1 Å². The van der Waals surface area contributed by atoms with E-state index in [1.807, 2.05) is 19.1 Å². The van der Waals surface area contributed by atoms with Crippen molar-refractivity contribution in [1.82, 2.24) is 10.3 Å². The maximum Gasteiger partial charge on any atom is 0.265 e. The summed E-state index contributed by atoms with van der Waals surface area (Å²) in [5.41, 5.74) is 0.960. The molecular formula is C13H13BrN2O2S. The van der Waals surface area contributed by atoms with Crippen LogP contribution in [0.15, 0.2) is 29.0 Å². The Hall–Kier alpha value is -1.40. The molecule has 0 aliphatic carbocycles. The third-order valence-electron chi connectivity index (χ3n) is 2.56. The van der Waals surface area contributed by atoms with Crippen LogP contribution in [0.25, 0.3) is 0 Å². The predicted octanol–water partition coefficient (Wildman–Crippen LogP) is 3.15. The number of rotatable bonds is 4. The molecule has 6 heteroatoms. The predicted molar refractivity (Wildman–Crippen MR) is 78.7 cm³/mol. The van der Waals surface area contributed by atoms with Crippen LogP contribution in [-0.2, 0) is 6.54 Å². The van der Waals surface area contributed by atoms with E-state index >= 15 is 0 Å². The fourth-order valence-electron chi connectivity index (χ4n) is 1.60. The highest BCUT2D eigenvalue weighted by Crippen LogP contribution is 2.38. The maximum absolute atomic E-state index is 12.1. The highest BCUT2D eigenvalue weighted by Gasteiger charge is 2.20. The number of aryl methyl sites for hydroxylation is 1. The molecule has 4 nitrogen and oxygen atoms in total. The molecule has 0 bridgehead atoms. The van der Waals surface area contributed by atoms with Gasteiger partial charge in [0.25, 0.3) is 5.91 Å². The summed E-state index contributed by atoms with van der Waals surface area (Å²) < 4.78 is 6.10. The van der Waals surface area contributed by atoms with E-state index in [9.17, 15) is 4.79 Å². The molecule has 2 heterocycles. The number of hydrogen-bond acceptors (Lipinski definition) is 4. The highest BCUT2D eigenvalue weighted by atomic mass is 79.9. The zero-order chi connectivity index (χ0) is 13.8. The standard InChI is InChI=1S/C13H13BrN2O2S/c1-8-10(14)11(18-2)12(19-8)13(17)16-7-9-4-3-5-15-6-9/h3-6H,7H2,1-2H3,(H,16,17). The molecule has 0 unspecified atom stereocenters. The van der Waals surface area contributed by atoms with Crippen LogP contribution in [0.4, 0.5) is 0 Å². The van der Waals surface area contributed by atoms with E-state index in [-0.39, 0.29) is 5.91 Å². The average molecular weight is 341 g/mol. The van der Waals surface area contributed by atoms with E-state index in [4.69, 9.17) is 4.74 Å². The van der Waals surface area contributed by atoms with Crippen molar-refractivity contribution < 1.29 is 9.53 Å². The Labute approximate surface area is 124 Å². The quantitative estimate of drug-likeness (QED) is 0.929. The number of nitrogens with zero attached hydrogens (tertiary/aromatic N) is 1. The number of aromatic nitrogens is 1. The van der Waals surface area contributed by atoms with Crippen molar-refractivity contribution in [3.63, 3.8) is 0 Å². The first-order valence-corrected chi connectivity index (χ1v) is 7.24. The topological polar surface area (TPSA) is 51.2 Å². The van der Waals surface area contributed by atoms with Crippen LogP contribution < -0.4 is 10.1 Å². The van der Waals surface area contributed by atoms with Crippen molar-refractivity contribution in [2.45, 2.75) is 13.5 Å². The lowest BCUT2D eigenvalue weighted by Crippen LogP contribution is -2.22. The minimum Gasteiger partial charge on any atom is -0.494 e. The van der Waals surface area contributed by atoms with Crippen LogP contribution in [0, 0.1) is 6.92 Å². The molecule has 19 heavy (non-hydrogen) atoms. The second-order valence-corrected chi connectivity index (χ2v) is 5.90. The first-order chi connectivity index (χ1) is 9.13. The summed E-state index contributed by atoms with van der Waals surface area (Å²) in [6.45, 7) is 2.39. The van der Waals surface area contributed by atoms with Crippen molar-refractivity contribution in [1.29, 1.82) is 0 Å². The van der Waals surface area contributed by atoms with Gasteiger partial charge in [0, 0.05) is 23.8 Å². The number of amides is 1. The number of carbonyl (C=O) groups excluding carboxylic acids is 1. The summed E-state index contributed by atoms with van der Waals surface area (Å²) in [7, 11) is 1.56. The second-order valence-electron chi connectivity index (χ2n) is 3.88. The van der Waals surface area contributed by atoms with Crippen molar-refractivity contribution in [3.8, 4) is 5.75 Å². The molecular weight excluding hydrogens is 328 g/mol. The van der Waals surface area contributed by atoms with Crippen LogP contribution in [0.3, 0.4) is 0 Å². The second kappa shape index (κ2) is 6.16. The number of thiophene rings is 1. The Morgan fingerprint density at radius 1 is 1.58 bits per heavy atom. The highest BCUT2D eigenvalue weighted by molar-refractivity contribution is 9.10. The van der Waals surface area contributed by atoms with Gasteiger partial charge in [-0.3, -0.25) is 9.78 Å². The summed E-state index contributed by atoms with van der Waals surface area (Å²) in [6.07, 6.45) is 3.43. The van der Waals surface area contributed by atoms with Crippen molar-refractivity contribution in [3.05, 3.63) is 44.3 Å². The monoisotopic (exact) mass is 340 g/mol. The number of ether oxygens (including phenoxy) is 1. The van der Waals surface area contributed by atoms with Gasteiger partial charge in [-0.15, -0.1) is 11.3 Å². The summed E-state index contributed by atoms with van der Waals surface area (Å²) in [4.78, 5) is 17.7. The van der Waals surface area contributed by atoms with E-state index in [1.54, 1.807) is 19.5 Å². The summed E-state index contributed by atoms with van der Waals surface area (Å²) in [5, 5.41) is 2.86. The van der Waals surface area contributed by atoms with Gasteiger partial charge in [0.05, 0.1) is 11.6 Å². The molecule has 0 spiro atoms. The lowest BCUT2D eigenvalue weighted by atomic mass is 10.3. The van der Waals surface area contributed by atoms with Crippen molar-refractivity contribution in [2.24, 2.45) is 0 Å². The molecule has 0 aromatic carbocycles. The molecule has 2 aromatic rings. The van der Waals surface area contributed by atoms with E-state index in [2.05, 4.69) is 26.2 Å². The van der Waals surface area contributed by atoms with Gasteiger partial charge in [0.2, 0.25) is 0 Å². The van der Waals surface area contributed by atoms with Gasteiger partial charge in [-0.05, 0) is 34.5 Å².